The van der Waals surface area contributed by atoms with Gasteiger partial charge < -0.3 is 14.8 Å². The monoisotopic (exact) mass is 456 g/mol. The zero-order chi connectivity index (χ0) is 21.6. The van der Waals surface area contributed by atoms with Gasteiger partial charge in [-0.15, -0.1) is 10.2 Å². The van der Waals surface area contributed by atoms with Gasteiger partial charge in [-0.1, -0.05) is 41.1 Å². The van der Waals surface area contributed by atoms with Gasteiger partial charge in [0.05, 0.1) is 10.6 Å². The normalized spacial score (nSPS) is 12.2. The van der Waals surface area contributed by atoms with Gasteiger partial charge >= 0.3 is 0 Å². The van der Waals surface area contributed by atoms with Crippen LogP contribution in [-0.4, -0.2) is 35.3 Å². The lowest BCUT2D eigenvalue weighted by Crippen LogP contribution is -2.25. The maximum atomic E-state index is 12.2. The Morgan fingerprint density at radius 3 is 2.84 bits per heavy atom. The maximum Gasteiger partial charge on any atom is 0.252 e. The van der Waals surface area contributed by atoms with Crippen LogP contribution < -0.4 is 20.1 Å². The van der Waals surface area contributed by atoms with Crippen LogP contribution in [0.3, 0.4) is 0 Å². The van der Waals surface area contributed by atoms with Crippen molar-refractivity contribution in [2.45, 2.75) is 6.42 Å². The first-order valence-corrected chi connectivity index (χ1v) is 10.5. The van der Waals surface area contributed by atoms with Crippen LogP contribution in [0.25, 0.3) is 6.08 Å². The van der Waals surface area contributed by atoms with Crippen LogP contribution in [0, 0.1) is 0 Å². The van der Waals surface area contributed by atoms with E-state index in [9.17, 15) is 9.59 Å². The molecule has 4 rings (SSSR count). The Balaban J connectivity index is 1.25. The lowest BCUT2D eigenvalue weighted by atomic mass is 10.2. The SMILES string of the molecule is O=C(/C=C/c1ccc2c(c1)OCO2)Nc1nnc(CCNC(=O)c2ccccc2Cl)s1. The molecule has 0 atom stereocenters. The summed E-state index contributed by atoms with van der Waals surface area (Å²) in [6.45, 7) is 0.572. The Morgan fingerprint density at radius 1 is 1.13 bits per heavy atom. The molecule has 0 saturated carbocycles. The van der Waals surface area contributed by atoms with E-state index < -0.39 is 0 Å². The highest BCUT2D eigenvalue weighted by molar-refractivity contribution is 7.15. The summed E-state index contributed by atoms with van der Waals surface area (Å²) in [5.74, 6) is 0.758. The molecule has 158 valence electrons. The number of hydrogen-bond acceptors (Lipinski definition) is 7. The molecule has 2 N–H and O–H groups in total. The first-order chi connectivity index (χ1) is 15.1. The molecule has 0 aliphatic carbocycles. The third kappa shape index (κ3) is 5.39. The van der Waals surface area contributed by atoms with Crippen molar-refractivity contribution in [1.82, 2.24) is 15.5 Å². The van der Waals surface area contributed by atoms with Crippen LogP contribution in [-0.2, 0) is 11.2 Å². The van der Waals surface area contributed by atoms with E-state index in [0.717, 1.165) is 5.56 Å². The Morgan fingerprint density at radius 2 is 1.97 bits per heavy atom. The van der Waals surface area contributed by atoms with Gasteiger partial charge in [0.25, 0.3) is 5.91 Å². The lowest BCUT2D eigenvalue weighted by molar-refractivity contribution is -0.111. The van der Waals surface area contributed by atoms with E-state index in [-0.39, 0.29) is 18.6 Å². The molecule has 0 fully saturated rings. The average Bonchev–Trinajstić information content (AvgIpc) is 3.41. The largest absolute Gasteiger partial charge is 0.454 e. The van der Waals surface area contributed by atoms with E-state index in [4.69, 9.17) is 21.1 Å². The molecular weight excluding hydrogens is 440 g/mol. The fourth-order valence-electron chi connectivity index (χ4n) is 2.76. The first-order valence-electron chi connectivity index (χ1n) is 9.32. The van der Waals surface area contributed by atoms with Crippen LogP contribution in [0.2, 0.25) is 5.02 Å². The minimum atomic E-state index is -0.326. The third-order valence-corrected chi connectivity index (χ3v) is 5.49. The number of benzene rings is 2. The number of halogens is 1. The van der Waals surface area contributed by atoms with Crippen molar-refractivity contribution in [2.75, 3.05) is 18.7 Å². The number of rotatable bonds is 7. The number of fused-ring (bicyclic) bond motifs is 1. The highest BCUT2D eigenvalue weighted by Crippen LogP contribution is 2.32. The highest BCUT2D eigenvalue weighted by atomic mass is 35.5. The van der Waals surface area contributed by atoms with E-state index in [1.807, 2.05) is 6.07 Å². The van der Waals surface area contributed by atoms with Gasteiger partial charge in [0.2, 0.25) is 17.8 Å². The molecule has 1 aliphatic heterocycles. The summed E-state index contributed by atoms with van der Waals surface area (Å²) in [4.78, 5) is 24.3. The summed E-state index contributed by atoms with van der Waals surface area (Å²) in [7, 11) is 0. The van der Waals surface area contributed by atoms with E-state index in [2.05, 4.69) is 20.8 Å². The summed E-state index contributed by atoms with van der Waals surface area (Å²) in [6, 6.07) is 12.3. The Kier molecular flexibility index (Phi) is 6.44. The second kappa shape index (κ2) is 9.59. The number of carbonyl (C=O) groups excluding carboxylic acids is 2. The molecule has 0 radical (unpaired) electrons. The zero-order valence-electron chi connectivity index (χ0n) is 16.1. The minimum absolute atomic E-state index is 0.200. The van der Waals surface area contributed by atoms with E-state index >= 15 is 0 Å². The topological polar surface area (TPSA) is 102 Å². The molecule has 1 aromatic heterocycles. The van der Waals surface area contributed by atoms with Crippen LogP contribution in [0.5, 0.6) is 11.5 Å². The van der Waals surface area contributed by atoms with E-state index in [1.54, 1.807) is 42.5 Å². The summed E-state index contributed by atoms with van der Waals surface area (Å²) in [6.07, 6.45) is 3.56. The molecule has 10 heteroatoms. The second-order valence-corrected chi connectivity index (χ2v) is 7.89. The van der Waals surface area contributed by atoms with Crippen molar-refractivity contribution >= 4 is 46.0 Å². The predicted molar refractivity (Wildman–Crippen MR) is 118 cm³/mol. The smallest absolute Gasteiger partial charge is 0.252 e. The fourth-order valence-corrected chi connectivity index (χ4v) is 3.73. The van der Waals surface area contributed by atoms with Crippen LogP contribution in [0.15, 0.2) is 48.5 Å². The van der Waals surface area contributed by atoms with Crippen molar-refractivity contribution in [3.8, 4) is 11.5 Å². The first kappa shape index (κ1) is 20.8. The molecule has 2 aromatic carbocycles. The van der Waals surface area contributed by atoms with Gasteiger partial charge in [-0.05, 0) is 35.9 Å². The minimum Gasteiger partial charge on any atom is -0.454 e. The van der Waals surface area contributed by atoms with Gasteiger partial charge in [0.15, 0.2) is 11.5 Å². The van der Waals surface area contributed by atoms with Gasteiger partial charge in [-0.3, -0.25) is 14.9 Å². The number of ether oxygens (including phenoxy) is 2. The molecule has 2 heterocycles. The number of anilines is 1. The van der Waals surface area contributed by atoms with Crippen molar-refractivity contribution in [3.63, 3.8) is 0 Å². The van der Waals surface area contributed by atoms with E-state index in [0.29, 0.717) is 45.2 Å². The Hall–Kier alpha value is -3.43. The van der Waals surface area contributed by atoms with E-state index in [1.165, 1.54) is 17.4 Å². The maximum absolute atomic E-state index is 12.2. The summed E-state index contributed by atoms with van der Waals surface area (Å²) in [5, 5.41) is 14.9. The number of aromatic nitrogens is 2. The Bertz CT molecular complexity index is 1150. The van der Waals surface area contributed by atoms with Crippen molar-refractivity contribution in [3.05, 3.63) is 69.7 Å². The molecule has 0 saturated heterocycles. The summed E-state index contributed by atoms with van der Waals surface area (Å²) < 4.78 is 10.6. The standard InChI is InChI=1S/C21H17ClN4O4S/c22-15-4-2-1-3-14(15)20(28)23-10-9-19-25-26-21(31-19)24-18(27)8-6-13-5-7-16-17(11-13)30-12-29-16/h1-8,11H,9-10,12H2,(H,23,28)(H,24,26,27)/b8-6+. The molecule has 1 aliphatic rings. The lowest BCUT2D eigenvalue weighted by Gasteiger charge is -2.05. The number of nitrogens with zero attached hydrogens (tertiary/aromatic N) is 2. The van der Waals surface area contributed by atoms with Crippen molar-refractivity contribution < 1.29 is 19.1 Å². The number of nitrogens with one attached hydrogen (secondary N) is 2. The third-order valence-electron chi connectivity index (χ3n) is 4.26. The van der Waals surface area contributed by atoms with Crippen LogP contribution in [0.1, 0.15) is 20.9 Å². The van der Waals surface area contributed by atoms with Gasteiger partial charge in [0.1, 0.15) is 5.01 Å². The Labute approximate surface area is 186 Å². The fraction of sp³-hybridized carbons (Fsp3) is 0.143. The molecule has 31 heavy (non-hydrogen) atoms. The zero-order valence-corrected chi connectivity index (χ0v) is 17.7. The van der Waals surface area contributed by atoms with Gasteiger partial charge in [-0.25, -0.2) is 0 Å². The summed E-state index contributed by atoms with van der Waals surface area (Å²) >= 11 is 7.27. The molecule has 2 amide bonds. The van der Waals surface area contributed by atoms with Crippen molar-refractivity contribution in [2.24, 2.45) is 0 Å². The molecule has 3 aromatic rings. The average molecular weight is 457 g/mol. The number of carbonyl (C=O) groups is 2. The molecular formula is C21H17ClN4O4S. The predicted octanol–water partition coefficient (Wildman–Crippen LogP) is 3.54. The molecule has 0 unspecified atom stereocenters. The van der Waals surface area contributed by atoms with Gasteiger partial charge in [-0.2, -0.15) is 0 Å². The molecule has 0 spiro atoms. The second-order valence-electron chi connectivity index (χ2n) is 6.42. The number of hydrogen-bond donors (Lipinski definition) is 2. The van der Waals surface area contributed by atoms with Crippen LogP contribution >= 0.6 is 22.9 Å². The van der Waals surface area contributed by atoms with Crippen molar-refractivity contribution in [1.29, 1.82) is 0 Å². The summed E-state index contributed by atoms with van der Waals surface area (Å²) in [5.41, 5.74) is 1.23. The molecule has 8 nitrogen and oxygen atoms in total. The molecule has 0 bridgehead atoms. The quantitative estimate of drug-likeness (QED) is 0.527. The number of amides is 2. The van der Waals surface area contributed by atoms with Gasteiger partial charge in [0, 0.05) is 19.0 Å². The highest BCUT2D eigenvalue weighted by Gasteiger charge is 2.13. The van der Waals surface area contributed by atoms with Crippen LogP contribution in [0.4, 0.5) is 5.13 Å².